The van der Waals surface area contributed by atoms with Crippen molar-refractivity contribution in [2.45, 2.75) is 46.2 Å². The first-order valence-electron chi connectivity index (χ1n) is 8.73. The summed E-state index contributed by atoms with van der Waals surface area (Å²) in [7, 11) is -3.17. The molecular weight excluding hydrogens is 340 g/mol. The van der Waals surface area contributed by atoms with E-state index in [-0.39, 0.29) is 18.3 Å². The van der Waals surface area contributed by atoms with Crippen molar-refractivity contribution in [1.82, 2.24) is 9.21 Å². The van der Waals surface area contributed by atoms with Crippen LogP contribution in [-0.2, 0) is 21.4 Å². The number of carboxylic acid groups (broad SMARTS) is 1. The lowest BCUT2D eigenvalue weighted by molar-refractivity contribution is -0.139. The molecule has 0 bridgehead atoms. The third kappa shape index (κ3) is 5.03. The summed E-state index contributed by atoms with van der Waals surface area (Å²) in [5.74, 6) is -0.742. The zero-order valence-electron chi connectivity index (χ0n) is 15.2. The molecule has 0 saturated carbocycles. The molecule has 0 atom stereocenters. The monoisotopic (exact) mass is 368 g/mol. The minimum Gasteiger partial charge on any atom is -0.480 e. The number of hydrogen-bond acceptors (Lipinski definition) is 4. The number of aliphatic carboxylic acids is 1. The van der Waals surface area contributed by atoms with Crippen LogP contribution < -0.4 is 0 Å². The van der Waals surface area contributed by atoms with E-state index in [4.69, 9.17) is 0 Å². The topological polar surface area (TPSA) is 77.9 Å². The zero-order valence-corrected chi connectivity index (χ0v) is 16.1. The van der Waals surface area contributed by atoms with Crippen molar-refractivity contribution >= 4 is 16.0 Å². The maximum absolute atomic E-state index is 12.0. The molecule has 25 heavy (non-hydrogen) atoms. The van der Waals surface area contributed by atoms with Crippen LogP contribution in [0.3, 0.4) is 0 Å². The molecule has 1 heterocycles. The van der Waals surface area contributed by atoms with E-state index in [1.807, 2.05) is 36.9 Å². The van der Waals surface area contributed by atoms with Crippen LogP contribution >= 0.6 is 0 Å². The van der Waals surface area contributed by atoms with E-state index in [1.54, 1.807) is 6.92 Å². The SMILES string of the molecule is CCS(=O)(=O)N1CCC(N(CC(=O)O)Cc2c(C)cccc2C)CC1. The molecule has 0 aromatic heterocycles. The Balaban J connectivity index is 2.13. The van der Waals surface area contributed by atoms with Gasteiger partial charge in [0.25, 0.3) is 0 Å². The van der Waals surface area contributed by atoms with Crippen LogP contribution in [0.1, 0.15) is 36.5 Å². The van der Waals surface area contributed by atoms with Crippen molar-refractivity contribution in [3.8, 4) is 0 Å². The molecule has 0 spiro atoms. The van der Waals surface area contributed by atoms with Crippen molar-refractivity contribution in [2.24, 2.45) is 0 Å². The second-order valence-electron chi connectivity index (χ2n) is 6.70. The van der Waals surface area contributed by atoms with Crippen LogP contribution in [0, 0.1) is 13.8 Å². The number of hydrogen-bond donors (Lipinski definition) is 1. The number of aryl methyl sites for hydroxylation is 2. The second kappa shape index (κ2) is 8.29. The molecule has 140 valence electrons. The summed E-state index contributed by atoms with van der Waals surface area (Å²) in [4.78, 5) is 13.3. The highest BCUT2D eigenvalue weighted by Crippen LogP contribution is 2.23. The quantitative estimate of drug-likeness (QED) is 0.796. The Morgan fingerprint density at radius 1 is 1.24 bits per heavy atom. The molecule has 0 amide bonds. The van der Waals surface area contributed by atoms with Crippen LogP contribution in [0.15, 0.2) is 18.2 Å². The number of carbonyl (C=O) groups is 1. The lowest BCUT2D eigenvalue weighted by Gasteiger charge is -2.37. The lowest BCUT2D eigenvalue weighted by atomic mass is 9.99. The first-order valence-corrected chi connectivity index (χ1v) is 10.3. The molecule has 1 aromatic carbocycles. The van der Waals surface area contributed by atoms with Crippen molar-refractivity contribution in [3.63, 3.8) is 0 Å². The van der Waals surface area contributed by atoms with Gasteiger partial charge in [-0.2, -0.15) is 0 Å². The van der Waals surface area contributed by atoms with E-state index in [0.29, 0.717) is 32.5 Å². The van der Waals surface area contributed by atoms with Gasteiger partial charge in [0, 0.05) is 25.7 Å². The molecule has 1 aromatic rings. The van der Waals surface area contributed by atoms with E-state index in [2.05, 4.69) is 0 Å². The number of piperidine rings is 1. The highest BCUT2D eigenvalue weighted by molar-refractivity contribution is 7.89. The highest BCUT2D eigenvalue weighted by atomic mass is 32.2. The van der Waals surface area contributed by atoms with Crippen LogP contribution in [0.2, 0.25) is 0 Å². The molecule has 0 aliphatic carbocycles. The molecule has 7 heteroatoms. The fraction of sp³-hybridized carbons (Fsp3) is 0.611. The van der Waals surface area contributed by atoms with Gasteiger partial charge in [0.05, 0.1) is 12.3 Å². The summed E-state index contributed by atoms with van der Waals surface area (Å²) < 4.78 is 25.5. The Labute approximate surface area is 150 Å². The summed E-state index contributed by atoms with van der Waals surface area (Å²) >= 11 is 0. The molecule has 1 aliphatic heterocycles. The minimum atomic E-state index is -3.17. The summed E-state index contributed by atoms with van der Waals surface area (Å²) in [6.07, 6.45) is 1.33. The smallest absolute Gasteiger partial charge is 0.317 e. The van der Waals surface area contributed by atoms with Crippen molar-refractivity contribution in [2.75, 3.05) is 25.4 Å². The summed E-state index contributed by atoms with van der Waals surface area (Å²) in [6, 6.07) is 6.16. The molecule has 1 saturated heterocycles. The minimum absolute atomic E-state index is 0.0288. The Bertz CT molecular complexity index is 690. The largest absolute Gasteiger partial charge is 0.480 e. The summed E-state index contributed by atoms with van der Waals surface area (Å²) in [6.45, 7) is 7.21. The van der Waals surface area contributed by atoms with E-state index >= 15 is 0 Å². The van der Waals surface area contributed by atoms with Crippen molar-refractivity contribution < 1.29 is 18.3 Å². The van der Waals surface area contributed by atoms with Crippen LogP contribution in [0.5, 0.6) is 0 Å². The Kier molecular flexibility index (Phi) is 6.59. The second-order valence-corrected chi connectivity index (χ2v) is 8.96. The summed E-state index contributed by atoms with van der Waals surface area (Å²) in [5.41, 5.74) is 3.47. The first kappa shape index (κ1) is 19.9. The predicted octanol–water partition coefficient (Wildman–Crippen LogP) is 2.00. The molecule has 0 radical (unpaired) electrons. The van der Waals surface area contributed by atoms with Crippen LogP contribution in [0.25, 0.3) is 0 Å². The average molecular weight is 368 g/mol. The molecule has 6 nitrogen and oxygen atoms in total. The Morgan fingerprint density at radius 2 is 1.80 bits per heavy atom. The third-order valence-electron chi connectivity index (χ3n) is 5.04. The van der Waals surface area contributed by atoms with Gasteiger partial charge >= 0.3 is 5.97 Å². The van der Waals surface area contributed by atoms with Crippen molar-refractivity contribution in [3.05, 3.63) is 34.9 Å². The van der Waals surface area contributed by atoms with Gasteiger partial charge in [0.2, 0.25) is 10.0 Å². The standard InChI is InChI=1S/C18H28N2O4S/c1-4-25(23,24)20-10-8-16(9-11-20)19(13-18(21)22)12-17-14(2)6-5-7-15(17)3/h5-7,16H,4,8-13H2,1-3H3,(H,21,22). The first-order chi connectivity index (χ1) is 11.7. The van der Waals surface area contributed by atoms with Crippen molar-refractivity contribution in [1.29, 1.82) is 0 Å². The Hall–Kier alpha value is -1.44. The van der Waals surface area contributed by atoms with Gasteiger partial charge in [-0.3, -0.25) is 9.69 Å². The van der Waals surface area contributed by atoms with E-state index in [1.165, 1.54) is 4.31 Å². The number of rotatable bonds is 7. The fourth-order valence-electron chi connectivity index (χ4n) is 3.46. The van der Waals surface area contributed by atoms with E-state index in [9.17, 15) is 18.3 Å². The maximum atomic E-state index is 12.0. The third-order valence-corrected chi connectivity index (χ3v) is 6.92. The summed E-state index contributed by atoms with van der Waals surface area (Å²) in [5, 5.41) is 9.30. The zero-order chi connectivity index (χ0) is 18.6. The number of benzene rings is 1. The maximum Gasteiger partial charge on any atom is 0.317 e. The van der Waals surface area contributed by atoms with Crippen LogP contribution in [0.4, 0.5) is 0 Å². The highest BCUT2D eigenvalue weighted by Gasteiger charge is 2.30. The van der Waals surface area contributed by atoms with Gasteiger partial charge < -0.3 is 5.11 Å². The van der Waals surface area contributed by atoms with Gasteiger partial charge in [-0.15, -0.1) is 0 Å². The lowest BCUT2D eigenvalue weighted by Crippen LogP contribution is -2.48. The number of carboxylic acids is 1. The Morgan fingerprint density at radius 3 is 2.28 bits per heavy atom. The van der Waals surface area contributed by atoms with Gasteiger partial charge in [-0.1, -0.05) is 18.2 Å². The number of sulfonamides is 1. The molecule has 1 fully saturated rings. The normalized spacial score (nSPS) is 17.1. The van der Waals surface area contributed by atoms with E-state index in [0.717, 1.165) is 16.7 Å². The van der Waals surface area contributed by atoms with E-state index < -0.39 is 16.0 Å². The van der Waals surface area contributed by atoms with Gasteiger partial charge in [0.15, 0.2) is 0 Å². The molecular formula is C18H28N2O4S. The number of nitrogens with zero attached hydrogens (tertiary/aromatic N) is 2. The van der Waals surface area contributed by atoms with Gasteiger partial charge in [-0.25, -0.2) is 12.7 Å². The fourth-order valence-corrected chi connectivity index (χ4v) is 4.59. The average Bonchev–Trinajstić information content (AvgIpc) is 2.57. The molecule has 1 aliphatic rings. The van der Waals surface area contributed by atoms with Gasteiger partial charge in [-0.05, 0) is 50.3 Å². The molecule has 1 N–H and O–H groups in total. The van der Waals surface area contributed by atoms with Gasteiger partial charge in [0.1, 0.15) is 0 Å². The van der Waals surface area contributed by atoms with Crippen LogP contribution in [-0.4, -0.2) is 60.1 Å². The molecule has 0 unspecified atom stereocenters. The molecule has 2 rings (SSSR count). The predicted molar refractivity (Wildman–Crippen MR) is 98.0 cm³/mol.